The molecule has 0 spiro atoms. The second-order valence-corrected chi connectivity index (χ2v) is 11.3. The normalized spacial score (nSPS) is 15.8. The van der Waals surface area contributed by atoms with Gasteiger partial charge < -0.3 is 14.2 Å². The van der Waals surface area contributed by atoms with Crippen LogP contribution in [0.25, 0.3) is 6.08 Å². The van der Waals surface area contributed by atoms with Crippen LogP contribution in [0.5, 0.6) is 17.2 Å². The average molecular weight is 672 g/mol. The summed E-state index contributed by atoms with van der Waals surface area (Å²) in [6.07, 6.45) is 1.67. The minimum absolute atomic E-state index is 0.0301. The lowest BCUT2D eigenvalue weighted by Gasteiger charge is -2.14. The molecule has 0 radical (unpaired) electrons. The Morgan fingerprint density at radius 1 is 1.00 bits per heavy atom. The van der Waals surface area contributed by atoms with Crippen molar-refractivity contribution in [2.45, 2.75) is 13.2 Å². The molecule has 3 aromatic rings. The Balaban J connectivity index is 1.32. The predicted octanol–water partition coefficient (Wildman–Crippen LogP) is 8.06. The van der Waals surface area contributed by atoms with E-state index in [9.17, 15) is 9.59 Å². The van der Waals surface area contributed by atoms with Gasteiger partial charge in [0, 0.05) is 16.1 Å². The Morgan fingerprint density at radius 3 is 2.36 bits per heavy atom. The largest absolute Gasteiger partial charge is 0.487 e. The van der Waals surface area contributed by atoms with Crippen LogP contribution in [0.15, 0.2) is 62.4 Å². The van der Waals surface area contributed by atoms with E-state index in [4.69, 9.17) is 37.4 Å². The average Bonchev–Trinajstić information content (AvgIpc) is 3.39. The zero-order valence-corrected chi connectivity index (χ0v) is 23.7. The summed E-state index contributed by atoms with van der Waals surface area (Å²) < 4.78 is 18.0. The lowest BCUT2D eigenvalue weighted by molar-refractivity contribution is -0.123. The lowest BCUT2D eigenvalue weighted by Crippen LogP contribution is -2.27. The molecule has 5 rings (SSSR count). The van der Waals surface area contributed by atoms with Crippen molar-refractivity contribution in [3.05, 3.63) is 89.1 Å². The van der Waals surface area contributed by atoms with Crippen LogP contribution >= 0.6 is 66.8 Å². The fourth-order valence-corrected chi connectivity index (χ4v) is 6.20. The van der Waals surface area contributed by atoms with Crippen molar-refractivity contribution in [1.29, 1.82) is 0 Å². The van der Waals surface area contributed by atoms with Crippen molar-refractivity contribution in [2.24, 2.45) is 0 Å². The van der Waals surface area contributed by atoms with Gasteiger partial charge in [-0.2, -0.15) is 0 Å². The molecule has 0 N–H and O–H groups in total. The maximum absolute atomic E-state index is 13.0. The van der Waals surface area contributed by atoms with E-state index in [0.29, 0.717) is 53.3 Å². The van der Waals surface area contributed by atoms with E-state index >= 15 is 0 Å². The van der Waals surface area contributed by atoms with Gasteiger partial charge in [0.2, 0.25) is 6.79 Å². The quantitative estimate of drug-likeness (QED) is 0.247. The summed E-state index contributed by atoms with van der Waals surface area (Å²) in [6, 6.07) is 14.4. The zero-order valence-electron chi connectivity index (χ0n) is 18.2. The number of nitrogens with zero attached hydrogens (tertiary/aromatic N) is 1. The molecular formula is C25H15Br2Cl2NO5S. The Bertz CT molecular complexity index is 1390. The van der Waals surface area contributed by atoms with Crippen LogP contribution in [0.2, 0.25) is 10.0 Å². The Kier molecular flexibility index (Phi) is 7.55. The molecule has 2 amide bonds. The number of carbonyl (C=O) groups excluding carboxylic acids is 2. The van der Waals surface area contributed by atoms with Gasteiger partial charge in [-0.25, -0.2) is 0 Å². The molecule has 6 nitrogen and oxygen atoms in total. The molecule has 2 aliphatic rings. The van der Waals surface area contributed by atoms with Gasteiger partial charge in [0.15, 0.2) is 11.5 Å². The van der Waals surface area contributed by atoms with Crippen LogP contribution in [0.1, 0.15) is 16.7 Å². The van der Waals surface area contributed by atoms with Gasteiger partial charge in [-0.05, 0) is 96.7 Å². The van der Waals surface area contributed by atoms with Gasteiger partial charge in [-0.15, -0.1) is 0 Å². The van der Waals surface area contributed by atoms with Crippen molar-refractivity contribution in [3.8, 4) is 17.2 Å². The van der Waals surface area contributed by atoms with Gasteiger partial charge in [0.1, 0.15) is 12.4 Å². The van der Waals surface area contributed by atoms with Crippen LogP contribution in [0.4, 0.5) is 4.79 Å². The molecular weight excluding hydrogens is 657 g/mol. The van der Waals surface area contributed by atoms with E-state index in [1.807, 2.05) is 24.3 Å². The fraction of sp³-hybridized carbons (Fsp3) is 0.120. The highest BCUT2D eigenvalue weighted by Gasteiger charge is 2.36. The molecule has 1 saturated heterocycles. The second-order valence-electron chi connectivity index (χ2n) is 7.79. The maximum atomic E-state index is 13.0. The van der Waals surface area contributed by atoms with Crippen molar-refractivity contribution in [3.63, 3.8) is 0 Å². The number of hydrogen-bond acceptors (Lipinski definition) is 6. The summed E-state index contributed by atoms with van der Waals surface area (Å²) in [5.74, 6) is 1.29. The highest BCUT2D eigenvalue weighted by molar-refractivity contribution is 9.11. The molecule has 0 atom stereocenters. The molecule has 0 saturated carbocycles. The number of amides is 2. The molecule has 0 aliphatic carbocycles. The molecule has 11 heteroatoms. The first-order valence-corrected chi connectivity index (χ1v) is 13.6. The molecule has 36 heavy (non-hydrogen) atoms. The zero-order chi connectivity index (χ0) is 25.4. The molecule has 2 heterocycles. The van der Waals surface area contributed by atoms with Crippen LogP contribution in [-0.2, 0) is 17.9 Å². The molecule has 3 aromatic carbocycles. The van der Waals surface area contributed by atoms with Crippen LogP contribution in [-0.4, -0.2) is 22.8 Å². The van der Waals surface area contributed by atoms with Crippen molar-refractivity contribution < 1.29 is 23.8 Å². The number of thioether (sulfide) groups is 1. The number of fused-ring (bicyclic) bond motifs is 1. The maximum Gasteiger partial charge on any atom is 0.293 e. The van der Waals surface area contributed by atoms with E-state index in [1.54, 1.807) is 30.3 Å². The number of imide groups is 1. The third-order valence-corrected chi connectivity index (χ3v) is 8.05. The standard InChI is InChI=1S/C25H15Br2Cl2NO5S/c26-17-5-14(6-18(27)23(17)33-11-13-1-3-16(28)4-2-13)7-22-24(31)30(25(32)36-22)10-15-8-20-21(9-19(15)29)35-12-34-20/h1-9H,10-12H2/b22-7+. The predicted molar refractivity (Wildman–Crippen MR) is 147 cm³/mol. The minimum atomic E-state index is -0.394. The highest BCUT2D eigenvalue weighted by atomic mass is 79.9. The van der Waals surface area contributed by atoms with E-state index in [0.717, 1.165) is 27.8 Å². The highest BCUT2D eigenvalue weighted by Crippen LogP contribution is 2.41. The van der Waals surface area contributed by atoms with Crippen molar-refractivity contribution in [1.82, 2.24) is 4.90 Å². The van der Waals surface area contributed by atoms with Crippen molar-refractivity contribution in [2.75, 3.05) is 6.79 Å². The molecule has 0 bridgehead atoms. The SMILES string of the molecule is O=C1S/C(=C/c2cc(Br)c(OCc3ccc(Cl)cc3)c(Br)c2)C(=O)N1Cc1cc2c(cc1Cl)OCO2. The fourth-order valence-electron chi connectivity index (χ4n) is 3.58. The first-order valence-electron chi connectivity index (χ1n) is 10.5. The number of rotatable bonds is 6. The third kappa shape index (κ3) is 5.40. The summed E-state index contributed by atoms with van der Waals surface area (Å²) in [5.41, 5.74) is 2.29. The summed E-state index contributed by atoms with van der Waals surface area (Å²) in [5, 5.41) is 0.680. The molecule has 0 aromatic heterocycles. The number of ether oxygens (including phenoxy) is 3. The third-order valence-electron chi connectivity index (χ3n) is 5.36. The summed E-state index contributed by atoms with van der Waals surface area (Å²) in [4.78, 5) is 27.2. The van der Waals surface area contributed by atoms with E-state index in [-0.39, 0.29) is 18.6 Å². The van der Waals surface area contributed by atoms with E-state index in [2.05, 4.69) is 31.9 Å². The van der Waals surface area contributed by atoms with Gasteiger partial charge in [-0.1, -0.05) is 35.3 Å². The monoisotopic (exact) mass is 669 g/mol. The summed E-state index contributed by atoms with van der Waals surface area (Å²) in [7, 11) is 0. The first kappa shape index (κ1) is 25.5. The van der Waals surface area contributed by atoms with Crippen LogP contribution in [0, 0.1) is 0 Å². The second kappa shape index (κ2) is 10.7. The number of halogens is 4. The summed E-state index contributed by atoms with van der Waals surface area (Å²) >= 11 is 20.2. The Morgan fingerprint density at radius 2 is 1.67 bits per heavy atom. The Labute approximate surface area is 237 Å². The van der Waals surface area contributed by atoms with Gasteiger partial charge >= 0.3 is 0 Å². The first-order chi connectivity index (χ1) is 17.3. The molecule has 2 aliphatic heterocycles. The van der Waals surface area contributed by atoms with E-state index in [1.165, 1.54) is 0 Å². The van der Waals surface area contributed by atoms with Crippen LogP contribution in [0.3, 0.4) is 0 Å². The van der Waals surface area contributed by atoms with Gasteiger partial charge in [0.05, 0.1) is 20.4 Å². The number of hydrogen-bond donors (Lipinski definition) is 0. The minimum Gasteiger partial charge on any atom is -0.487 e. The molecule has 184 valence electrons. The molecule has 0 unspecified atom stereocenters. The summed E-state index contributed by atoms with van der Waals surface area (Å²) in [6.45, 7) is 0.493. The smallest absolute Gasteiger partial charge is 0.293 e. The molecule has 1 fully saturated rings. The number of carbonyl (C=O) groups is 2. The Hall–Kier alpha value is -2.17. The van der Waals surface area contributed by atoms with Gasteiger partial charge in [-0.3, -0.25) is 14.5 Å². The van der Waals surface area contributed by atoms with Crippen LogP contribution < -0.4 is 14.2 Å². The lowest BCUT2D eigenvalue weighted by atomic mass is 10.1. The van der Waals surface area contributed by atoms with Crippen molar-refractivity contribution >= 4 is 84.0 Å². The van der Waals surface area contributed by atoms with E-state index < -0.39 is 5.91 Å². The topological polar surface area (TPSA) is 65.1 Å². The number of benzene rings is 3. The van der Waals surface area contributed by atoms with Gasteiger partial charge in [0.25, 0.3) is 11.1 Å².